The second-order valence-electron chi connectivity index (χ2n) is 4.38. The van der Waals surface area contributed by atoms with Crippen molar-refractivity contribution in [1.29, 1.82) is 0 Å². The number of hydrogen-bond acceptors (Lipinski definition) is 4. The molecule has 0 fully saturated rings. The van der Waals surface area contributed by atoms with Gasteiger partial charge in [0.1, 0.15) is 5.56 Å². The maximum Gasteiger partial charge on any atom is 0.339 e. The van der Waals surface area contributed by atoms with Crippen molar-refractivity contribution in [2.24, 2.45) is 5.92 Å². The van der Waals surface area contributed by atoms with Crippen LogP contribution in [0, 0.1) is 5.92 Å². The predicted molar refractivity (Wildman–Crippen MR) is 65.1 cm³/mol. The molecule has 1 atom stereocenters. The van der Waals surface area contributed by atoms with Gasteiger partial charge in [-0.2, -0.15) is 0 Å². The molecule has 0 saturated heterocycles. The highest BCUT2D eigenvalue weighted by atomic mass is 16.4. The number of anilines is 1. The Labute approximate surface area is 101 Å². The molecule has 1 heterocycles. The van der Waals surface area contributed by atoms with Crippen LogP contribution < -0.4 is 5.32 Å². The third-order valence-electron chi connectivity index (χ3n) is 2.39. The topological polar surface area (TPSA) is 82.5 Å². The summed E-state index contributed by atoms with van der Waals surface area (Å²) in [5, 5.41) is 21.3. The number of carboxylic acid groups (broad SMARTS) is 1. The van der Waals surface area contributed by atoms with Crippen LogP contribution in [0.25, 0.3) is 0 Å². The van der Waals surface area contributed by atoms with Gasteiger partial charge >= 0.3 is 5.97 Å². The number of hydrogen-bond donors (Lipinski definition) is 3. The van der Waals surface area contributed by atoms with Crippen molar-refractivity contribution in [1.82, 2.24) is 4.98 Å². The highest BCUT2D eigenvalue weighted by Crippen LogP contribution is 2.17. The molecule has 3 N–H and O–H groups in total. The van der Waals surface area contributed by atoms with Crippen LogP contribution >= 0.6 is 0 Å². The number of aromatic nitrogens is 1. The first-order chi connectivity index (χ1) is 8.04. The van der Waals surface area contributed by atoms with Gasteiger partial charge in [-0.15, -0.1) is 0 Å². The quantitative estimate of drug-likeness (QED) is 0.701. The van der Waals surface area contributed by atoms with Crippen molar-refractivity contribution in [3.05, 3.63) is 24.0 Å². The smallest absolute Gasteiger partial charge is 0.339 e. The molecule has 5 nitrogen and oxygen atoms in total. The monoisotopic (exact) mass is 238 g/mol. The minimum Gasteiger partial charge on any atom is -0.478 e. The fourth-order valence-electron chi connectivity index (χ4n) is 1.66. The van der Waals surface area contributed by atoms with Crippen LogP contribution in [0.5, 0.6) is 0 Å². The molecule has 0 spiro atoms. The molecule has 0 aliphatic heterocycles. The van der Waals surface area contributed by atoms with Gasteiger partial charge in [-0.1, -0.05) is 13.8 Å². The Morgan fingerprint density at radius 3 is 2.76 bits per heavy atom. The summed E-state index contributed by atoms with van der Waals surface area (Å²) in [7, 11) is 0. The Morgan fingerprint density at radius 1 is 1.53 bits per heavy atom. The first kappa shape index (κ1) is 13.4. The number of nitrogens with zero attached hydrogens (tertiary/aromatic N) is 1. The van der Waals surface area contributed by atoms with Gasteiger partial charge in [0.05, 0.1) is 12.3 Å². The molecule has 0 bridgehead atoms. The molecule has 17 heavy (non-hydrogen) atoms. The minimum atomic E-state index is -1.03. The van der Waals surface area contributed by atoms with Crippen LogP contribution in [0.1, 0.15) is 30.6 Å². The standard InChI is InChI=1S/C12H18N2O3/c1-8(2)5-9(7-15)14-11-3-4-13-6-10(11)12(16)17/h3-4,6,8-9,15H,5,7H2,1-2H3,(H,13,14)(H,16,17). The van der Waals surface area contributed by atoms with Crippen molar-refractivity contribution in [2.45, 2.75) is 26.3 Å². The molecule has 0 amide bonds. The predicted octanol–water partition coefficient (Wildman–Crippen LogP) is 1.60. The molecule has 5 heteroatoms. The van der Waals surface area contributed by atoms with Crippen LogP contribution in [-0.2, 0) is 0 Å². The van der Waals surface area contributed by atoms with E-state index in [1.807, 2.05) is 0 Å². The van der Waals surface area contributed by atoms with E-state index in [0.29, 0.717) is 11.6 Å². The Bertz CT molecular complexity index is 380. The molecule has 0 aliphatic rings. The fourth-order valence-corrected chi connectivity index (χ4v) is 1.66. The van der Waals surface area contributed by atoms with E-state index < -0.39 is 5.97 Å². The van der Waals surface area contributed by atoms with E-state index in [9.17, 15) is 9.90 Å². The Balaban J connectivity index is 2.82. The van der Waals surface area contributed by atoms with Crippen LogP contribution in [0.15, 0.2) is 18.5 Å². The molecule has 1 rings (SSSR count). The van der Waals surface area contributed by atoms with Gasteiger partial charge in [0.25, 0.3) is 0 Å². The van der Waals surface area contributed by atoms with E-state index in [2.05, 4.69) is 24.1 Å². The zero-order chi connectivity index (χ0) is 12.8. The highest BCUT2D eigenvalue weighted by molar-refractivity contribution is 5.93. The summed E-state index contributed by atoms with van der Waals surface area (Å²) in [6, 6.07) is 1.46. The number of nitrogens with one attached hydrogen (secondary N) is 1. The normalized spacial score (nSPS) is 12.5. The SMILES string of the molecule is CC(C)CC(CO)Nc1ccncc1C(=O)O. The number of carboxylic acids is 1. The molecule has 1 unspecified atom stereocenters. The number of aromatic carboxylic acids is 1. The van der Waals surface area contributed by atoms with Gasteiger partial charge in [0.2, 0.25) is 0 Å². The largest absolute Gasteiger partial charge is 0.478 e. The molecule has 0 saturated carbocycles. The summed E-state index contributed by atoms with van der Waals surface area (Å²) in [6.45, 7) is 4.07. The summed E-state index contributed by atoms with van der Waals surface area (Å²) < 4.78 is 0. The molecule has 0 aliphatic carbocycles. The van der Waals surface area contributed by atoms with E-state index in [4.69, 9.17) is 5.11 Å². The van der Waals surface area contributed by atoms with Crippen molar-refractivity contribution in [3.63, 3.8) is 0 Å². The van der Waals surface area contributed by atoms with Gasteiger partial charge in [0, 0.05) is 18.4 Å². The number of pyridine rings is 1. The summed E-state index contributed by atoms with van der Waals surface area (Å²) >= 11 is 0. The van der Waals surface area contributed by atoms with Gasteiger partial charge in [-0.25, -0.2) is 4.79 Å². The molecule has 1 aromatic rings. The lowest BCUT2D eigenvalue weighted by Crippen LogP contribution is -2.26. The fraction of sp³-hybridized carbons (Fsp3) is 0.500. The maximum absolute atomic E-state index is 11.0. The lowest BCUT2D eigenvalue weighted by Gasteiger charge is -2.20. The third kappa shape index (κ3) is 4.03. The Kier molecular flexibility index (Phi) is 4.90. The third-order valence-corrected chi connectivity index (χ3v) is 2.39. The highest BCUT2D eigenvalue weighted by Gasteiger charge is 2.14. The Hall–Kier alpha value is -1.62. The summed E-state index contributed by atoms with van der Waals surface area (Å²) in [5.41, 5.74) is 0.613. The number of aliphatic hydroxyl groups excluding tert-OH is 1. The van der Waals surface area contributed by atoms with E-state index in [1.54, 1.807) is 6.07 Å². The van der Waals surface area contributed by atoms with Gasteiger partial charge in [-0.3, -0.25) is 4.98 Å². The number of aliphatic hydroxyl groups is 1. The van der Waals surface area contributed by atoms with Gasteiger partial charge < -0.3 is 15.5 Å². The van der Waals surface area contributed by atoms with Gasteiger partial charge in [0.15, 0.2) is 0 Å². The second-order valence-corrected chi connectivity index (χ2v) is 4.38. The summed E-state index contributed by atoms with van der Waals surface area (Å²) in [6.07, 6.45) is 3.60. The summed E-state index contributed by atoms with van der Waals surface area (Å²) in [4.78, 5) is 14.7. The molecule has 1 aromatic heterocycles. The van der Waals surface area contributed by atoms with E-state index >= 15 is 0 Å². The average Bonchev–Trinajstić information content (AvgIpc) is 2.28. The van der Waals surface area contributed by atoms with Crippen molar-refractivity contribution >= 4 is 11.7 Å². The van der Waals surface area contributed by atoms with Crippen molar-refractivity contribution in [2.75, 3.05) is 11.9 Å². The van der Waals surface area contributed by atoms with Crippen molar-refractivity contribution in [3.8, 4) is 0 Å². The zero-order valence-corrected chi connectivity index (χ0v) is 10.1. The molecule has 0 aromatic carbocycles. The summed E-state index contributed by atoms with van der Waals surface area (Å²) in [5.74, 6) is -0.600. The maximum atomic E-state index is 11.0. The van der Waals surface area contributed by atoms with E-state index in [-0.39, 0.29) is 18.2 Å². The van der Waals surface area contributed by atoms with E-state index in [0.717, 1.165) is 6.42 Å². The minimum absolute atomic E-state index is 0.0282. The van der Waals surface area contributed by atoms with Crippen LogP contribution in [-0.4, -0.2) is 33.8 Å². The molecular formula is C12H18N2O3. The lowest BCUT2D eigenvalue weighted by atomic mass is 10.0. The first-order valence-electron chi connectivity index (χ1n) is 5.59. The van der Waals surface area contributed by atoms with Gasteiger partial charge in [-0.05, 0) is 18.4 Å². The first-order valence-corrected chi connectivity index (χ1v) is 5.59. The lowest BCUT2D eigenvalue weighted by molar-refractivity contribution is 0.0697. The van der Waals surface area contributed by atoms with Crippen LogP contribution in [0.3, 0.4) is 0 Å². The van der Waals surface area contributed by atoms with Crippen LogP contribution in [0.2, 0.25) is 0 Å². The average molecular weight is 238 g/mol. The van der Waals surface area contributed by atoms with Crippen molar-refractivity contribution < 1.29 is 15.0 Å². The second kappa shape index (κ2) is 6.20. The number of carbonyl (C=O) groups is 1. The zero-order valence-electron chi connectivity index (χ0n) is 10.1. The van der Waals surface area contributed by atoms with E-state index in [1.165, 1.54) is 12.4 Å². The molecule has 94 valence electrons. The number of rotatable bonds is 6. The molecule has 0 radical (unpaired) electrons. The molecular weight excluding hydrogens is 220 g/mol. The van der Waals surface area contributed by atoms with Crippen LogP contribution in [0.4, 0.5) is 5.69 Å². The Morgan fingerprint density at radius 2 is 2.24 bits per heavy atom.